The lowest BCUT2D eigenvalue weighted by atomic mass is 9.99. The van der Waals surface area contributed by atoms with Crippen LogP contribution in [0.15, 0.2) is 99.5 Å². The number of carbonyl (C=O) groups excluding carboxylic acids is 1. The van der Waals surface area contributed by atoms with Gasteiger partial charge in [-0.1, -0.05) is 92.3 Å². The molecule has 1 aromatic heterocycles. The van der Waals surface area contributed by atoms with E-state index < -0.39 is 10.0 Å². The van der Waals surface area contributed by atoms with Crippen LogP contribution in [0.1, 0.15) is 31.0 Å². The Morgan fingerprint density at radius 2 is 1.54 bits per heavy atom. The van der Waals surface area contributed by atoms with Gasteiger partial charge in [-0.15, -0.1) is 10.2 Å². The zero-order valence-electron chi connectivity index (χ0n) is 20.6. The molecule has 3 aromatic carbocycles. The summed E-state index contributed by atoms with van der Waals surface area (Å²) in [5, 5.41) is 11.4. The van der Waals surface area contributed by atoms with Crippen LogP contribution < -0.4 is 5.32 Å². The molecule has 0 saturated heterocycles. The van der Waals surface area contributed by atoms with Gasteiger partial charge in [0.2, 0.25) is 21.8 Å². The van der Waals surface area contributed by atoms with Crippen LogP contribution in [0.4, 0.5) is 0 Å². The second-order valence-electron chi connectivity index (χ2n) is 8.10. The van der Waals surface area contributed by atoms with Crippen molar-refractivity contribution in [1.29, 1.82) is 0 Å². The molecule has 0 fully saturated rings. The summed E-state index contributed by atoms with van der Waals surface area (Å²) in [7, 11) is -3.62. The first-order chi connectivity index (χ1) is 17.9. The third kappa shape index (κ3) is 6.46. The Morgan fingerprint density at radius 1 is 0.919 bits per heavy atom. The molecule has 37 heavy (non-hydrogen) atoms. The number of carbonyl (C=O) groups is 1. The molecule has 0 aliphatic heterocycles. The quantitative estimate of drug-likeness (QED) is 0.275. The van der Waals surface area contributed by atoms with Gasteiger partial charge in [-0.25, -0.2) is 8.42 Å². The van der Waals surface area contributed by atoms with E-state index in [0.717, 1.165) is 22.9 Å². The van der Waals surface area contributed by atoms with E-state index in [1.54, 1.807) is 32.0 Å². The van der Waals surface area contributed by atoms with Crippen LogP contribution in [0.25, 0.3) is 11.5 Å². The smallest absolute Gasteiger partial charge is 0.277 e. The van der Waals surface area contributed by atoms with Crippen molar-refractivity contribution in [2.24, 2.45) is 0 Å². The average Bonchev–Trinajstić information content (AvgIpc) is 3.41. The van der Waals surface area contributed by atoms with E-state index >= 15 is 0 Å². The number of benzene rings is 3. The van der Waals surface area contributed by atoms with E-state index in [0.29, 0.717) is 18.7 Å². The Balaban J connectivity index is 1.44. The monoisotopic (exact) mass is 536 g/mol. The van der Waals surface area contributed by atoms with Crippen LogP contribution in [-0.2, 0) is 14.8 Å². The zero-order valence-corrected chi connectivity index (χ0v) is 22.2. The van der Waals surface area contributed by atoms with Crippen molar-refractivity contribution in [2.75, 3.05) is 18.8 Å². The number of aromatic nitrogens is 2. The van der Waals surface area contributed by atoms with Crippen LogP contribution in [0.2, 0.25) is 0 Å². The highest BCUT2D eigenvalue weighted by atomic mass is 32.2. The Hall–Kier alpha value is -3.47. The normalized spacial score (nSPS) is 11.7. The molecular formula is C27H28N4O4S2. The molecule has 0 unspecified atom stereocenters. The van der Waals surface area contributed by atoms with E-state index in [-0.39, 0.29) is 33.7 Å². The van der Waals surface area contributed by atoms with Gasteiger partial charge in [0, 0.05) is 18.7 Å². The molecule has 0 spiro atoms. The molecule has 8 nitrogen and oxygen atoms in total. The molecule has 4 aromatic rings. The van der Waals surface area contributed by atoms with Crippen molar-refractivity contribution < 1.29 is 17.6 Å². The fourth-order valence-corrected chi connectivity index (χ4v) is 5.95. The van der Waals surface area contributed by atoms with Crippen molar-refractivity contribution in [3.05, 3.63) is 96.1 Å². The summed E-state index contributed by atoms with van der Waals surface area (Å²) in [6.07, 6.45) is 0. The van der Waals surface area contributed by atoms with E-state index in [4.69, 9.17) is 4.42 Å². The van der Waals surface area contributed by atoms with Gasteiger partial charge < -0.3 is 9.73 Å². The van der Waals surface area contributed by atoms with E-state index in [2.05, 4.69) is 15.5 Å². The molecule has 0 atom stereocenters. The zero-order chi connectivity index (χ0) is 26.3. The SMILES string of the molecule is CCN(CC)S(=O)(=O)c1cccc(-c2nnc(SCC(=O)NC(c3ccccc3)c3ccccc3)o2)c1. The van der Waals surface area contributed by atoms with E-state index in [1.165, 1.54) is 10.4 Å². The Morgan fingerprint density at radius 3 is 2.14 bits per heavy atom. The van der Waals surface area contributed by atoms with E-state index in [1.807, 2.05) is 60.7 Å². The van der Waals surface area contributed by atoms with Crippen LogP contribution in [0, 0.1) is 0 Å². The van der Waals surface area contributed by atoms with Crippen LogP contribution in [0.5, 0.6) is 0 Å². The molecule has 0 aliphatic carbocycles. The van der Waals surface area contributed by atoms with Gasteiger partial charge in [-0.3, -0.25) is 4.79 Å². The number of nitrogens with zero attached hydrogens (tertiary/aromatic N) is 3. The third-order valence-electron chi connectivity index (χ3n) is 5.73. The van der Waals surface area contributed by atoms with Crippen molar-refractivity contribution in [1.82, 2.24) is 19.8 Å². The Kier molecular flexibility index (Phi) is 8.75. The molecular weight excluding hydrogens is 508 g/mol. The molecule has 1 heterocycles. The molecule has 192 valence electrons. The molecule has 1 N–H and O–H groups in total. The first-order valence-corrected chi connectivity index (χ1v) is 14.3. The Bertz CT molecular complexity index is 1380. The lowest BCUT2D eigenvalue weighted by Gasteiger charge is -2.19. The summed E-state index contributed by atoms with van der Waals surface area (Å²) in [6.45, 7) is 4.35. The maximum atomic E-state index is 12.9. The second-order valence-corrected chi connectivity index (χ2v) is 11.0. The first kappa shape index (κ1) is 26.6. The Labute approximate surface area is 221 Å². The van der Waals surface area contributed by atoms with Gasteiger partial charge in [0.15, 0.2) is 0 Å². The highest BCUT2D eigenvalue weighted by Gasteiger charge is 2.23. The fourth-order valence-electron chi connectivity index (χ4n) is 3.87. The lowest BCUT2D eigenvalue weighted by molar-refractivity contribution is -0.119. The molecule has 0 saturated carbocycles. The summed E-state index contributed by atoms with van der Waals surface area (Å²) in [4.78, 5) is 13.0. The van der Waals surface area contributed by atoms with Crippen molar-refractivity contribution in [3.8, 4) is 11.5 Å². The summed E-state index contributed by atoms with van der Waals surface area (Å²) in [5.41, 5.74) is 2.45. The van der Waals surface area contributed by atoms with Gasteiger partial charge in [-0.05, 0) is 29.3 Å². The maximum absolute atomic E-state index is 12.9. The molecule has 10 heteroatoms. The number of amides is 1. The highest BCUT2D eigenvalue weighted by molar-refractivity contribution is 7.99. The summed E-state index contributed by atoms with van der Waals surface area (Å²) in [5.74, 6) is 0.0782. The molecule has 0 bridgehead atoms. The molecule has 0 aliphatic rings. The summed E-state index contributed by atoms with van der Waals surface area (Å²) >= 11 is 1.12. The van der Waals surface area contributed by atoms with E-state index in [9.17, 15) is 13.2 Å². The predicted octanol–water partition coefficient (Wildman–Crippen LogP) is 4.77. The number of hydrogen-bond acceptors (Lipinski definition) is 7. The third-order valence-corrected chi connectivity index (χ3v) is 8.59. The maximum Gasteiger partial charge on any atom is 0.277 e. The van der Waals surface area contributed by atoms with Gasteiger partial charge in [0.05, 0.1) is 16.7 Å². The van der Waals surface area contributed by atoms with Crippen LogP contribution in [0.3, 0.4) is 0 Å². The van der Waals surface area contributed by atoms with Gasteiger partial charge >= 0.3 is 0 Å². The average molecular weight is 537 g/mol. The molecule has 4 rings (SSSR count). The lowest BCUT2D eigenvalue weighted by Crippen LogP contribution is -2.30. The fraction of sp³-hybridized carbons (Fsp3) is 0.222. The summed E-state index contributed by atoms with van der Waals surface area (Å²) < 4.78 is 32.8. The van der Waals surface area contributed by atoms with Gasteiger partial charge in [-0.2, -0.15) is 4.31 Å². The number of rotatable bonds is 11. The second kappa shape index (κ2) is 12.2. The van der Waals surface area contributed by atoms with Crippen LogP contribution >= 0.6 is 11.8 Å². The molecule has 0 radical (unpaired) electrons. The molecule has 1 amide bonds. The number of sulfonamides is 1. The minimum Gasteiger partial charge on any atom is -0.411 e. The summed E-state index contributed by atoms with van der Waals surface area (Å²) in [6, 6.07) is 25.7. The number of thioether (sulfide) groups is 1. The first-order valence-electron chi connectivity index (χ1n) is 11.9. The minimum absolute atomic E-state index is 0.0776. The van der Waals surface area contributed by atoms with Crippen LogP contribution in [-0.4, -0.2) is 47.7 Å². The topological polar surface area (TPSA) is 105 Å². The predicted molar refractivity (Wildman–Crippen MR) is 143 cm³/mol. The highest BCUT2D eigenvalue weighted by Crippen LogP contribution is 2.27. The van der Waals surface area contributed by atoms with Crippen molar-refractivity contribution in [3.63, 3.8) is 0 Å². The largest absolute Gasteiger partial charge is 0.411 e. The number of nitrogens with one attached hydrogen (secondary N) is 1. The van der Waals surface area contributed by atoms with Crippen molar-refractivity contribution in [2.45, 2.75) is 30.0 Å². The van der Waals surface area contributed by atoms with Gasteiger partial charge in [0.1, 0.15) is 0 Å². The van der Waals surface area contributed by atoms with Gasteiger partial charge in [0.25, 0.3) is 5.22 Å². The standard InChI is InChI=1S/C27H28N4O4S2/c1-3-31(4-2)37(33,34)23-17-11-16-22(18-23)26-29-30-27(35-26)36-19-24(32)28-25(20-12-7-5-8-13-20)21-14-9-6-10-15-21/h5-18,25H,3-4,19H2,1-2H3,(H,28,32). The number of hydrogen-bond donors (Lipinski definition) is 1. The van der Waals surface area contributed by atoms with Crippen molar-refractivity contribution >= 4 is 27.7 Å². The minimum atomic E-state index is -3.62.